The lowest BCUT2D eigenvalue weighted by Gasteiger charge is -2.26. The highest BCUT2D eigenvalue weighted by molar-refractivity contribution is 6.07. The van der Waals surface area contributed by atoms with Gasteiger partial charge in [-0.2, -0.15) is 0 Å². The lowest BCUT2D eigenvalue weighted by atomic mass is 10.2. The molecule has 0 radical (unpaired) electrons. The zero-order valence-electron chi connectivity index (χ0n) is 14.4. The number of para-hydroxylation sites is 3. The average Bonchev–Trinajstić information content (AvgIpc) is 2.72. The fourth-order valence-corrected chi connectivity index (χ4v) is 3.01. The average molecular weight is 338 g/mol. The van der Waals surface area contributed by atoms with E-state index in [1.165, 1.54) is 4.90 Å². The van der Waals surface area contributed by atoms with E-state index in [0.717, 1.165) is 11.4 Å². The summed E-state index contributed by atoms with van der Waals surface area (Å²) in [6, 6.07) is 16.2. The second-order valence-electron chi connectivity index (χ2n) is 6.19. The summed E-state index contributed by atoms with van der Waals surface area (Å²) in [7, 11) is 3.60. The molecule has 25 heavy (non-hydrogen) atoms. The maximum atomic E-state index is 12.8. The highest BCUT2D eigenvalue weighted by atomic mass is 16.2. The third kappa shape index (κ3) is 3.34. The van der Waals surface area contributed by atoms with Crippen LogP contribution in [0.4, 0.5) is 17.1 Å². The Balaban J connectivity index is 1.90. The zero-order chi connectivity index (χ0) is 18.0. The molecule has 0 aliphatic carbocycles. The number of carbonyl (C=O) groups excluding carboxylic acids is 2. The topological polar surface area (TPSA) is 69.9 Å². The van der Waals surface area contributed by atoms with Crippen LogP contribution in [0.2, 0.25) is 0 Å². The molecule has 1 atom stereocenters. The third-order valence-electron chi connectivity index (χ3n) is 4.45. The standard InChI is InChI=1S/C19H22N4O2/c1-21-12-15(20)19(25)23(17-11-7-6-10-16(17)21)13-18(24)22(2)14-8-4-3-5-9-14/h3-11,15H,12-13,20H2,1-2H3. The molecule has 0 spiro atoms. The van der Waals surface area contributed by atoms with Crippen molar-refractivity contribution in [2.75, 3.05) is 41.9 Å². The number of rotatable bonds is 3. The Bertz CT molecular complexity index is 778. The predicted molar refractivity (Wildman–Crippen MR) is 99.9 cm³/mol. The van der Waals surface area contributed by atoms with Crippen molar-refractivity contribution < 1.29 is 9.59 Å². The van der Waals surface area contributed by atoms with E-state index in [4.69, 9.17) is 5.73 Å². The normalized spacial score (nSPS) is 17.1. The van der Waals surface area contributed by atoms with Gasteiger partial charge in [-0.15, -0.1) is 0 Å². The van der Waals surface area contributed by atoms with E-state index >= 15 is 0 Å². The first-order valence-corrected chi connectivity index (χ1v) is 8.18. The molecule has 0 saturated carbocycles. The van der Waals surface area contributed by atoms with Gasteiger partial charge < -0.3 is 15.5 Å². The Morgan fingerprint density at radius 2 is 1.72 bits per heavy atom. The van der Waals surface area contributed by atoms with Crippen molar-refractivity contribution in [2.24, 2.45) is 5.73 Å². The molecule has 6 heteroatoms. The summed E-state index contributed by atoms with van der Waals surface area (Å²) in [5, 5.41) is 0. The Morgan fingerprint density at radius 3 is 2.40 bits per heavy atom. The van der Waals surface area contributed by atoms with Crippen LogP contribution in [0.5, 0.6) is 0 Å². The van der Waals surface area contributed by atoms with Gasteiger partial charge in [0.25, 0.3) is 0 Å². The predicted octanol–water partition coefficient (Wildman–Crippen LogP) is 1.46. The van der Waals surface area contributed by atoms with Crippen LogP contribution >= 0.6 is 0 Å². The fraction of sp³-hybridized carbons (Fsp3) is 0.263. The molecule has 1 aliphatic rings. The summed E-state index contributed by atoms with van der Waals surface area (Å²) in [6.45, 7) is 0.359. The van der Waals surface area contributed by atoms with Crippen molar-refractivity contribution in [3.8, 4) is 0 Å². The largest absolute Gasteiger partial charge is 0.371 e. The number of nitrogens with two attached hydrogens (primary N) is 1. The van der Waals surface area contributed by atoms with E-state index in [0.29, 0.717) is 12.2 Å². The quantitative estimate of drug-likeness (QED) is 0.920. The van der Waals surface area contributed by atoms with Gasteiger partial charge in [0.15, 0.2) is 0 Å². The Morgan fingerprint density at radius 1 is 1.12 bits per heavy atom. The van der Waals surface area contributed by atoms with Crippen LogP contribution in [0.25, 0.3) is 0 Å². The number of likely N-dealkylation sites (N-methyl/N-ethyl adjacent to an activating group) is 2. The SMILES string of the molecule is CN1CC(N)C(=O)N(CC(=O)N(C)c2ccccc2)c2ccccc21. The number of anilines is 3. The van der Waals surface area contributed by atoms with Crippen LogP contribution in [-0.2, 0) is 9.59 Å². The number of fused-ring (bicyclic) bond motifs is 1. The molecule has 2 N–H and O–H groups in total. The molecule has 2 amide bonds. The minimum absolute atomic E-state index is 0.0528. The van der Waals surface area contributed by atoms with Crippen molar-refractivity contribution in [1.82, 2.24) is 0 Å². The van der Waals surface area contributed by atoms with Crippen LogP contribution in [-0.4, -0.2) is 45.0 Å². The fourth-order valence-electron chi connectivity index (χ4n) is 3.01. The van der Waals surface area contributed by atoms with E-state index in [1.54, 1.807) is 11.9 Å². The number of carbonyl (C=O) groups is 2. The van der Waals surface area contributed by atoms with Crippen molar-refractivity contribution >= 4 is 28.9 Å². The highest BCUT2D eigenvalue weighted by Crippen LogP contribution is 2.31. The molecule has 0 fully saturated rings. The number of hydrogen-bond acceptors (Lipinski definition) is 4. The number of amides is 2. The molecule has 130 valence electrons. The highest BCUT2D eigenvalue weighted by Gasteiger charge is 2.32. The summed E-state index contributed by atoms with van der Waals surface area (Å²) < 4.78 is 0. The lowest BCUT2D eigenvalue weighted by molar-refractivity contribution is -0.123. The molecule has 0 aromatic heterocycles. The van der Waals surface area contributed by atoms with E-state index < -0.39 is 6.04 Å². The minimum atomic E-state index is -0.674. The van der Waals surface area contributed by atoms with Crippen LogP contribution in [0, 0.1) is 0 Å². The van der Waals surface area contributed by atoms with E-state index in [1.807, 2.05) is 66.5 Å². The van der Waals surface area contributed by atoms with Gasteiger partial charge in [-0.25, -0.2) is 0 Å². The smallest absolute Gasteiger partial charge is 0.246 e. The van der Waals surface area contributed by atoms with Gasteiger partial charge in [-0.05, 0) is 24.3 Å². The van der Waals surface area contributed by atoms with Crippen molar-refractivity contribution in [1.29, 1.82) is 0 Å². The van der Waals surface area contributed by atoms with Crippen molar-refractivity contribution in [2.45, 2.75) is 6.04 Å². The van der Waals surface area contributed by atoms with E-state index in [2.05, 4.69) is 0 Å². The maximum Gasteiger partial charge on any atom is 0.246 e. The summed E-state index contributed by atoms with van der Waals surface area (Å²) in [5.74, 6) is -0.419. The molecule has 2 aromatic rings. The molecule has 0 bridgehead atoms. The first-order chi connectivity index (χ1) is 12.0. The van der Waals surface area contributed by atoms with Crippen LogP contribution in [0.3, 0.4) is 0 Å². The van der Waals surface area contributed by atoms with Crippen LogP contribution in [0.15, 0.2) is 54.6 Å². The van der Waals surface area contributed by atoms with Gasteiger partial charge in [0, 0.05) is 26.3 Å². The van der Waals surface area contributed by atoms with Gasteiger partial charge in [0.2, 0.25) is 11.8 Å². The molecule has 1 heterocycles. The van der Waals surface area contributed by atoms with Crippen molar-refractivity contribution in [3.05, 3.63) is 54.6 Å². The van der Waals surface area contributed by atoms with E-state index in [9.17, 15) is 9.59 Å². The van der Waals surface area contributed by atoms with Crippen molar-refractivity contribution in [3.63, 3.8) is 0 Å². The van der Waals surface area contributed by atoms with Gasteiger partial charge in [-0.1, -0.05) is 30.3 Å². The molecule has 1 aliphatic heterocycles. The van der Waals surface area contributed by atoms with Crippen LogP contribution in [0.1, 0.15) is 0 Å². The Labute approximate surface area is 147 Å². The molecular weight excluding hydrogens is 316 g/mol. The Kier molecular flexibility index (Phi) is 4.72. The van der Waals surface area contributed by atoms with Crippen LogP contribution < -0.4 is 20.4 Å². The minimum Gasteiger partial charge on any atom is -0.371 e. The number of benzene rings is 2. The zero-order valence-corrected chi connectivity index (χ0v) is 14.4. The molecule has 2 aromatic carbocycles. The molecular formula is C19H22N4O2. The number of hydrogen-bond donors (Lipinski definition) is 1. The first kappa shape index (κ1) is 17.0. The van der Waals surface area contributed by atoms with Gasteiger partial charge in [-0.3, -0.25) is 14.5 Å². The van der Waals surface area contributed by atoms with Gasteiger partial charge in [0.05, 0.1) is 11.4 Å². The lowest BCUT2D eigenvalue weighted by Crippen LogP contribution is -2.50. The molecule has 3 rings (SSSR count). The first-order valence-electron chi connectivity index (χ1n) is 8.18. The third-order valence-corrected chi connectivity index (χ3v) is 4.45. The summed E-state index contributed by atoms with van der Waals surface area (Å²) in [4.78, 5) is 30.5. The summed E-state index contributed by atoms with van der Waals surface area (Å²) in [5.41, 5.74) is 8.42. The molecule has 0 saturated heterocycles. The van der Waals surface area contributed by atoms with Gasteiger partial charge >= 0.3 is 0 Å². The summed E-state index contributed by atoms with van der Waals surface area (Å²) in [6.07, 6.45) is 0. The second kappa shape index (κ2) is 6.94. The van der Waals surface area contributed by atoms with E-state index in [-0.39, 0.29) is 18.4 Å². The molecule has 6 nitrogen and oxygen atoms in total. The second-order valence-corrected chi connectivity index (χ2v) is 6.19. The maximum absolute atomic E-state index is 12.8. The Hall–Kier alpha value is -2.86. The molecule has 1 unspecified atom stereocenters. The monoisotopic (exact) mass is 338 g/mol. The summed E-state index contributed by atoms with van der Waals surface area (Å²) >= 11 is 0. The van der Waals surface area contributed by atoms with Gasteiger partial charge in [0.1, 0.15) is 12.6 Å². The number of nitrogens with zero attached hydrogens (tertiary/aromatic N) is 3.